The molecule has 0 aliphatic rings. The Morgan fingerprint density at radius 1 is 0.800 bits per heavy atom. The minimum Gasteiger partial charge on any atom is -0.394 e. The first-order valence-corrected chi connectivity index (χ1v) is 4.47. The molecule has 0 radical (unpaired) electrons. The minimum atomic E-state index is -0.125. The van der Waals surface area contributed by atoms with Crippen LogP contribution in [-0.2, 0) is 4.74 Å². The van der Waals surface area contributed by atoms with E-state index in [9.17, 15) is 0 Å². The fourth-order valence-electron chi connectivity index (χ4n) is 0.231. The van der Waals surface area contributed by atoms with Crippen LogP contribution in [0.5, 0.6) is 0 Å². The third-order valence-electron chi connectivity index (χ3n) is 0.671. The molecule has 0 spiro atoms. The Kier molecular flexibility index (Phi) is 38.9. The maximum Gasteiger partial charge on any atom is 0.0701 e. The van der Waals surface area contributed by atoms with E-state index in [4.69, 9.17) is 30.3 Å². The Bertz CT molecular complexity index is 80.7. The van der Waals surface area contributed by atoms with Crippen molar-refractivity contribution >= 4 is 0 Å². The maximum absolute atomic E-state index is 8.13. The van der Waals surface area contributed by atoms with Crippen LogP contribution in [0.25, 0.3) is 0 Å². The maximum atomic E-state index is 8.13. The highest BCUT2D eigenvalue weighted by molar-refractivity contribution is 4.63. The largest absolute Gasteiger partial charge is 0.394 e. The van der Waals surface area contributed by atoms with Crippen LogP contribution in [0.15, 0.2) is 12.7 Å². The molecule has 0 bridgehead atoms. The molecule has 6 nitrogen and oxygen atoms in total. The number of ether oxygens (including phenoxy) is 1. The lowest BCUT2D eigenvalue weighted by Crippen LogP contribution is -1.97. The number of hydrogen-bond acceptors (Lipinski definition) is 6. The molecule has 0 aromatic carbocycles. The van der Waals surface area contributed by atoms with Gasteiger partial charge in [-0.1, -0.05) is 6.08 Å². The summed E-state index contributed by atoms with van der Waals surface area (Å²) < 4.78 is 4.76. The van der Waals surface area contributed by atoms with Gasteiger partial charge in [0.1, 0.15) is 0 Å². The molecule has 0 aliphatic carbocycles. The highest BCUT2D eigenvalue weighted by atomic mass is 16.5. The average Bonchev–Trinajstić information content (AvgIpc) is 2.30. The van der Waals surface area contributed by atoms with Gasteiger partial charge in [-0.25, -0.2) is 0 Å². The number of hydrogen-bond donors (Lipinski definition) is 5. The Morgan fingerprint density at radius 2 is 1.20 bits per heavy atom. The number of rotatable bonds is 6. The molecule has 0 atom stereocenters. The molecule has 0 aromatic rings. The van der Waals surface area contributed by atoms with Gasteiger partial charge in [-0.2, -0.15) is 0 Å². The van der Waals surface area contributed by atoms with Gasteiger partial charge in [-0.15, -0.1) is 6.58 Å². The molecule has 0 rings (SSSR count). The van der Waals surface area contributed by atoms with E-state index >= 15 is 0 Å². The van der Waals surface area contributed by atoms with Crippen LogP contribution in [0.2, 0.25) is 0 Å². The van der Waals surface area contributed by atoms with E-state index in [-0.39, 0.29) is 33.0 Å². The molecular formula is C9H22O6. The fourth-order valence-corrected chi connectivity index (χ4v) is 0.231. The van der Waals surface area contributed by atoms with Crippen molar-refractivity contribution in [2.75, 3.05) is 46.2 Å². The first-order chi connectivity index (χ1) is 7.24. The smallest absolute Gasteiger partial charge is 0.0701 e. The molecule has 6 heteroatoms. The molecule has 0 saturated carbocycles. The fraction of sp³-hybridized carbons (Fsp3) is 0.778. The molecule has 0 fully saturated rings. The van der Waals surface area contributed by atoms with Gasteiger partial charge in [0.2, 0.25) is 0 Å². The van der Waals surface area contributed by atoms with Gasteiger partial charge in [-0.3, -0.25) is 0 Å². The van der Waals surface area contributed by atoms with Crippen molar-refractivity contribution in [3.8, 4) is 0 Å². The Hall–Kier alpha value is -0.500. The van der Waals surface area contributed by atoms with Crippen LogP contribution in [0.3, 0.4) is 0 Å². The lowest BCUT2D eigenvalue weighted by Gasteiger charge is -1.92. The van der Waals surface area contributed by atoms with E-state index in [1.807, 2.05) is 0 Å². The summed E-state index contributed by atoms with van der Waals surface area (Å²) in [5, 5.41) is 38.6. The van der Waals surface area contributed by atoms with Crippen LogP contribution in [0, 0.1) is 0 Å². The second-order valence-electron chi connectivity index (χ2n) is 1.98. The third kappa shape index (κ3) is 59.0. The van der Waals surface area contributed by atoms with Gasteiger partial charge in [0, 0.05) is 0 Å². The Morgan fingerprint density at radius 3 is 1.40 bits per heavy atom. The summed E-state index contributed by atoms with van der Waals surface area (Å²) in [4.78, 5) is 0. The molecule has 0 heterocycles. The summed E-state index contributed by atoms with van der Waals surface area (Å²) in [6, 6.07) is 0. The Labute approximate surface area is 90.1 Å². The van der Waals surface area contributed by atoms with E-state index in [1.54, 1.807) is 6.08 Å². The van der Waals surface area contributed by atoms with Crippen molar-refractivity contribution < 1.29 is 30.3 Å². The van der Waals surface area contributed by atoms with Crippen molar-refractivity contribution in [1.82, 2.24) is 0 Å². The summed E-state index contributed by atoms with van der Waals surface area (Å²) in [7, 11) is 0. The van der Waals surface area contributed by atoms with Crippen molar-refractivity contribution in [3.05, 3.63) is 12.7 Å². The highest BCUT2D eigenvalue weighted by Gasteiger charge is 1.75. The van der Waals surface area contributed by atoms with Crippen molar-refractivity contribution in [3.63, 3.8) is 0 Å². The second kappa shape index (κ2) is 29.2. The molecule has 15 heavy (non-hydrogen) atoms. The highest BCUT2D eigenvalue weighted by Crippen LogP contribution is 1.70. The summed E-state index contributed by atoms with van der Waals surface area (Å²) in [6.45, 7) is 3.95. The van der Waals surface area contributed by atoms with E-state index in [0.717, 1.165) is 0 Å². The molecule has 5 N–H and O–H groups in total. The molecule has 94 valence electrons. The van der Waals surface area contributed by atoms with Crippen LogP contribution in [0.1, 0.15) is 0 Å². The zero-order chi connectivity index (χ0) is 12.4. The minimum absolute atomic E-state index is 0.0911. The van der Waals surface area contributed by atoms with Crippen LogP contribution >= 0.6 is 0 Å². The van der Waals surface area contributed by atoms with Gasteiger partial charge in [0.25, 0.3) is 0 Å². The molecule has 0 amide bonds. The van der Waals surface area contributed by atoms with Gasteiger partial charge < -0.3 is 30.3 Å². The zero-order valence-electron chi connectivity index (χ0n) is 8.88. The normalized spacial score (nSPS) is 8.07. The monoisotopic (exact) mass is 226 g/mol. The van der Waals surface area contributed by atoms with E-state index in [2.05, 4.69) is 6.58 Å². The lowest BCUT2D eigenvalue weighted by molar-refractivity contribution is 0.112. The standard InChI is InChI=1S/C5H10O2.2C2H6O2/c1-2-4-7-5-3-6;2*3-1-2-4/h2,6H,1,3-5H2;2*3-4H,1-2H2. The van der Waals surface area contributed by atoms with Crippen molar-refractivity contribution in [1.29, 1.82) is 0 Å². The van der Waals surface area contributed by atoms with E-state index in [1.165, 1.54) is 0 Å². The van der Waals surface area contributed by atoms with E-state index < -0.39 is 0 Å². The molecule has 0 aliphatic heterocycles. The topological polar surface area (TPSA) is 110 Å². The van der Waals surface area contributed by atoms with Crippen LogP contribution < -0.4 is 0 Å². The quantitative estimate of drug-likeness (QED) is 0.268. The zero-order valence-corrected chi connectivity index (χ0v) is 8.88. The van der Waals surface area contributed by atoms with Gasteiger partial charge in [0.05, 0.1) is 46.2 Å². The summed E-state index contributed by atoms with van der Waals surface area (Å²) in [6.07, 6.45) is 1.65. The summed E-state index contributed by atoms with van der Waals surface area (Å²) in [5.41, 5.74) is 0. The number of aliphatic hydroxyl groups is 5. The lowest BCUT2D eigenvalue weighted by atomic mass is 10.7. The van der Waals surface area contributed by atoms with Gasteiger partial charge in [0.15, 0.2) is 0 Å². The van der Waals surface area contributed by atoms with Gasteiger partial charge in [-0.05, 0) is 0 Å². The van der Waals surface area contributed by atoms with Crippen molar-refractivity contribution in [2.24, 2.45) is 0 Å². The first-order valence-electron chi connectivity index (χ1n) is 4.47. The molecule has 0 aromatic heterocycles. The Balaban J connectivity index is -0.000000155. The summed E-state index contributed by atoms with van der Waals surface area (Å²) >= 11 is 0. The second-order valence-corrected chi connectivity index (χ2v) is 1.98. The van der Waals surface area contributed by atoms with Gasteiger partial charge >= 0.3 is 0 Å². The molecule has 0 unspecified atom stereocenters. The predicted molar refractivity (Wildman–Crippen MR) is 56.4 cm³/mol. The van der Waals surface area contributed by atoms with Crippen molar-refractivity contribution in [2.45, 2.75) is 0 Å². The predicted octanol–water partition coefficient (Wildman–Crippen LogP) is -1.88. The average molecular weight is 226 g/mol. The van der Waals surface area contributed by atoms with Crippen LogP contribution in [-0.4, -0.2) is 71.8 Å². The third-order valence-corrected chi connectivity index (χ3v) is 0.671. The van der Waals surface area contributed by atoms with E-state index in [0.29, 0.717) is 13.2 Å². The SMILES string of the molecule is C=CCOCCO.OCCO.OCCO. The number of aliphatic hydroxyl groups excluding tert-OH is 5. The molecular weight excluding hydrogens is 204 g/mol. The molecule has 0 saturated heterocycles. The van der Waals surface area contributed by atoms with Crippen LogP contribution in [0.4, 0.5) is 0 Å². The first kappa shape index (κ1) is 20.0. The summed E-state index contributed by atoms with van der Waals surface area (Å²) in [5.74, 6) is 0.